The third-order valence-electron chi connectivity index (χ3n) is 4.15. The molecule has 0 spiro atoms. The molecule has 0 saturated heterocycles. The monoisotopic (exact) mass is 398 g/mol. The van der Waals surface area contributed by atoms with Crippen LogP contribution in [-0.2, 0) is 16.6 Å². The Bertz CT molecular complexity index is 1030. The summed E-state index contributed by atoms with van der Waals surface area (Å²) < 4.78 is 1.54. The molecule has 8 heteroatoms. The average Bonchev–Trinajstić information content (AvgIpc) is 3.21. The summed E-state index contributed by atoms with van der Waals surface area (Å²) in [6.07, 6.45) is 1.51. The molecular weight excluding hydrogens is 376 g/mol. The number of thiazole rings is 1. The fraction of sp³-hybridized carbons (Fsp3) is 0.300. The van der Waals surface area contributed by atoms with Gasteiger partial charge in [0.15, 0.2) is 0 Å². The molecule has 2 aromatic heterocycles. The molecular formula is C20H22N4O3S. The number of carboxylic acid groups (broad SMARTS) is 1. The highest BCUT2D eigenvalue weighted by Gasteiger charge is 2.19. The summed E-state index contributed by atoms with van der Waals surface area (Å²) in [6, 6.07) is 7.12. The maximum Gasteiger partial charge on any atom is 0.339 e. The lowest BCUT2D eigenvalue weighted by Crippen LogP contribution is -2.16. The molecule has 146 valence electrons. The Kier molecular flexibility index (Phi) is 5.33. The number of anilines is 1. The highest BCUT2D eigenvalue weighted by Crippen LogP contribution is 2.26. The van der Waals surface area contributed by atoms with E-state index in [1.54, 1.807) is 42.5 Å². The SMILES string of the molecule is Cc1c(C(=O)O)cnn1-c1cccc(NC(=O)Cc2csc(C(C)(C)C)n2)c1. The van der Waals surface area contributed by atoms with Crippen molar-refractivity contribution in [3.63, 3.8) is 0 Å². The van der Waals surface area contributed by atoms with Crippen LogP contribution in [0.1, 0.15) is 47.5 Å². The molecule has 3 rings (SSSR count). The zero-order chi connectivity index (χ0) is 20.5. The minimum absolute atomic E-state index is 0.0375. The van der Waals surface area contributed by atoms with Gasteiger partial charge in [-0.05, 0) is 25.1 Å². The Hall–Kier alpha value is -3.00. The number of nitrogens with zero attached hydrogens (tertiary/aromatic N) is 3. The second-order valence-electron chi connectivity index (χ2n) is 7.53. The standard InChI is InChI=1S/C20H22N4O3S/c1-12-16(18(26)27)10-21-24(12)15-7-5-6-13(8-15)22-17(25)9-14-11-28-19(23-14)20(2,3)4/h5-8,10-11H,9H2,1-4H3,(H,22,25)(H,26,27). The summed E-state index contributed by atoms with van der Waals surface area (Å²) in [6.45, 7) is 7.97. The van der Waals surface area contributed by atoms with Crippen molar-refractivity contribution in [2.75, 3.05) is 5.32 Å². The van der Waals surface area contributed by atoms with E-state index >= 15 is 0 Å². The first-order valence-electron chi connectivity index (χ1n) is 8.78. The van der Waals surface area contributed by atoms with Gasteiger partial charge in [0.2, 0.25) is 5.91 Å². The van der Waals surface area contributed by atoms with E-state index in [-0.39, 0.29) is 23.3 Å². The van der Waals surface area contributed by atoms with Crippen LogP contribution in [0, 0.1) is 6.92 Å². The first-order valence-corrected chi connectivity index (χ1v) is 9.66. The van der Waals surface area contributed by atoms with Crippen LogP contribution < -0.4 is 5.32 Å². The van der Waals surface area contributed by atoms with E-state index in [0.29, 0.717) is 17.1 Å². The van der Waals surface area contributed by atoms with Gasteiger partial charge in [0, 0.05) is 16.5 Å². The fourth-order valence-electron chi connectivity index (χ4n) is 2.70. The molecule has 0 aliphatic rings. The summed E-state index contributed by atoms with van der Waals surface area (Å²) in [5.74, 6) is -1.18. The number of carboxylic acids is 1. The van der Waals surface area contributed by atoms with Gasteiger partial charge < -0.3 is 10.4 Å². The largest absolute Gasteiger partial charge is 0.478 e. The molecule has 0 atom stereocenters. The first-order chi connectivity index (χ1) is 13.1. The van der Waals surface area contributed by atoms with Gasteiger partial charge in [-0.2, -0.15) is 5.10 Å². The molecule has 2 heterocycles. The molecule has 0 aliphatic carbocycles. The van der Waals surface area contributed by atoms with E-state index in [4.69, 9.17) is 0 Å². The first kappa shape index (κ1) is 19.8. The van der Waals surface area contributed by atoms with Crippen molar-refractivity contribution in [2.24, 2.45) is 0 Å². The third-order valence-corrected chi connectivity index (χ3v) is 5.47. The number of benzene rings is 1. The lowest BCUT2D eigenvalue weighted by molar-refractivity contribution is -0.115. The van der Waals surface area contributed by atoms with E-state index in [2.05, 4.69) is 36.2 Å². The average molecular weight is 398 g/mol. The van der Waals surface area contributed by atoms with E-state index in [1.165, 1.54) is 10.9 Å². The van der Waals surface area contributed by atoms with Crippen LogP contribution in [0.5, 0.6) is 0 Å². The molecule has 2 N–H and O–H groups in total. The fourth-order valence-corrected chi connectivity index (χ4v) is 3.60. The van der Waals surface area contributed by atoms with Crippen molar-refractivity contribution in [3.8, 4) is 5.69 Å². The van der Waals surface area contributed by atoms with Gasteiger partial charge in [-0.3, -0.25) is 4.79 Å². The highest BCUT2D eigenvalue weighted by molar-refractivity contribution is 7.09. The summed E-state index contributed by atoms with van der Waals surface area (Å²) in [5, 5.41) is 19.1. The minimum atomic E-state index is -1.02. The maximum absolute atomic E-state index is 12.4. The summed E-state index contributed by atoms with van der Waals surface area (Å²) in [5.41, 5.74) is 2.66. The second-order valence-corrected chi connectivity index (χ2v) is 8.39. The Balaban J connectivity index is 1.73. The lowest BCUT2D eigenvalue weighted by atomic mass is 9.98. The predicted molar refractivity (Wildman–Crippen MR) is 108 cm³/mol. The van der Waals surface area contributed by atoms with Gasteiger partial charge in [-0.15, -0.1) is 11.3 Å². The van der Waals surface area contributed by atoms with E-state index < -0.39 is 5.97 Å². The summed E-state index contributed by atoms with van der Waals surface area (Å²) in [4.78, 5) is 28.2. The topological polar surface area (TPSA) is 97.1 Å². The number of rotatable bonds is 5. The van der Waals surface area contributed by atoms with Gasteiger partial charge in [0.1, 0.15) is 5.56 Å². The van der Waals surface area contributed by atoms with Gasteiger partial charge in [0.25, 0.3) is 0 Å². The van der Waals surface area contributed by atoms with Gasteiger partial charge in [-0.1, -0.05) is 26.8 Å². The van der Waals surface area contributed by atoms with Crippen LogP contribution in [0.15, 0.2) is 35.8 Å². The molecule has 0 fully saturated rings. The minimum Gasteiger partial charge on any atom is -0.478 e. The number of amides is 1. The molecule has 0 saturated carbocycles. The van der Waals surface area contributed by atoms with Crippen molar-refractivity contribution >= 4 is 28.9 Å². The Morgan fingerprint density at radius 2 is 2.04 bits per heavy atom. The van der Waals surface area contributed by atoms with Crippen molar-refractivity contribution in [3.05, 3.63) is 57.8 Å². The number of nitrogens with one attached hydrogen (secondary N) is 1. The molecule has 28 heavy (non-hydrogen) atoms. The van der Waals surface area contributed by atoms with Crippen molar-refractivity contribution < 1.29 is 14.7 Å². The molecule has 0 bridgehead atoms. The van der Waals surface area contributed by atoms with Gasteiger partial charge in [-0.25, -0.2) is 14.5 Å². The van der Waals surface area contributed by atoms with E-state index in [9.17, 15) is 14.7 Å². The van der Waals surface area contributed by atoms with Crippen LogP contribution in [0.2, 0.25) is 0 Å². The second kappa shape index (κ2) is 7.55. The summed E-state index contributed by atoms with van der Waals surface area (Å²) in [7, 11) is 0. The van der Waals surface area contributed by atoms with Crippen molar-refractivity contribution in [1.82, 2.24) is 14.8 Å². The van der Waals surface area contributed by atoms with Crippen LogP contribution >= 0.6 is 11.3 Å². The van der Waals surface area contributed by atoms with Crippen molar-refractivity contribution in [2.45, 2.75) is 39.5 Å². The van der Waals surface area contributed by atoms with Gasteiger partial charge in [0.05, 0.1) is 34.7 Å². The molecule has 3 aromatic rings. The number of carbonyl (C=O) groups is 2. The molecule has 1 amide bonds. The van der Waals surface area contributed by atoms with Crippen LogP contribution in [-0.4, -0.2) is 31.7 Å². The Morgan fingerprint density at radius 1 is 1.29 bits per heavy atom. The predicted octanol–water partition coefficient (Wildman–Crippen LogP) is 3.81. The quantitative estimate of drug-likeness (QED) is 0.681. The maximum atomic E-state index is 12.4. The zero-order valence-electron chi connectivity index (χ0n) is 16.2. The molecule has 0 radical (unpaired) electrons. The zero-order valence-corrected chi connectivity index (χ0v) is 17.0. The van der Waals surface area contributed by atoms with Crippen LogP contribution in [0.3, 0.4) is 0 Å². The molecule has 0 aliphatic heterocycles. The number of hydrogen-bond acceptors (Lipinski definition) is 5. The van der Waals surface area contributed by atoms with Crippen LogP contribution in [0.25, 0.3) is 5.69 Å². The molecule has 7 nitrogen and oxygen atoms in total. The lowest BCUT2D eigenvalue weighted by Gasteiger charge is -2.13. The number of aromatic nitrogens is 3. The highest BCUT2D eigenvalue weighted by atomic mass is 32.1. The smallest absolute Gasteiger partial charge is 0.339 e. The Morgan fingerprint density at radius 3 is 2.64 bits per heavy atom. The number of carbonyl (C=O) groups excluding carboxylic acids is 1. The van der Waals surface area contributed by atoms with Gasteiger partial charge >= 0.3 is 5.97 Å². The van der Waals surface area contributed by atoms with Crippen molar-refractivity contribution in [1.29, 1.82) is 0 Å². The molecule has 1 aromatic carbocycles. The normalized spacial score (nSPS) is 11.4. The number of hydrogen-bond donors (Lipinski definition) is 2. The third kappa shape index (κ3) is 4.28. The number of aromatic carboxylic acids is 1. The Labute approximate surface area is 167 Å². The van der Waals surface area contributed by atoms with Crippen LogP contribution in [0.4, 0.5) is 5.69 Å². The van der Waals surface area contributed by atoms with E-state index in [0.717, 1.165) is 10.7 Å². The molecule has 0 unspecified atom stereocenters. The summed E-state index contributed by atoms with van der Waals surface area (Å²) >= 11 is 1.56. The van der Waals surface area contributed by atoms with E-state index in [1.807, 2.05) is 5.38 Å².